The zero-order valence-electron chi connectivity index (χ0n) is 33.5. The molecule has 2 aliphatic rings. The molecule has 0 atom stereocenters. The average Bonchev–Trinajstić information content (AvgIpc) is 3.98. The van der Waals surface area contributed by atoms with Crippen LogP contribution in [0.5, 0.6) is 0 Å². The molecule has 0 fully saturated rings. The van der Waals surface area contributed by atoms with E-state index in [4.69, 9.17) is 19.4 Å². The zero-order valence-corrected chi connectivity index (χ0v) is 33.5. The number of rotatable bonds is 5. The van der Waals surface area contributed by atoms with Gasteiger partial charge in [-0.2, -0.15) is 0 Å². The van der Waals surface area contributed by atoms with Crippen LogP contribution in [-0.2, 0) is 5.41 Å². The van der Waals surface area contributed by atoms with E-state index < -0.39 is 0 Å². The Morgan fingerprint density at radius 3 is 1.44 bits per heavy atom. The van der Waals surface area contributed by atoms with Crippen molar-refractivity contribution >= 4 is 21.9 Å². The maximum Gasteiger partial charge on any atom is 0.164 e. The smallest absolute Gasteiger partial charge is 0.164 e. The molecule has 0 saturated carbocycles. The van der Waals surface area contributed by atoms with E-state index >= 15 is 0 Å². The first-order valence-electron chi connectivity index (χ1n) is 21.1. The lowest BCUT2D eigenvalue weighted by Crippen LogP contribution is -2.25. The fourth-order valence-corrected chi connectivity index (χ4v) is 10.2. The van der Waals surface area contributed by atoms with Gasteiger partial charge in [0.15, 0.2) is 17.5 Å². The van der Waals surface area contributed by atoms with Crippen molar-refractivity contribution in [3.63, 3.8) is 0 Å². The Balaban J connectivity index is 0.897. The van der Waals surface area contributed by atoms with Crippen molar-refractivity contribution in [3.8, 4) is 78.7 Å². The Morgan fingerprint density at radius 2 is 0.726 bits per heavy atom. The summed E-state index contributed by atoms with van der Waals surface area (Å²) in [6.07, 6.45) is 0. The summed E-state index contributed by atoms with van der Waals surface area (Å²) in [7, 11) is 0. The first-order chi connectivity index (χ1) is 30.7. The normalized spacial score (nSPS) is 13.0. The summed E-state index contributed by atoms with van der Waals surface area (Å²) in [6, 6.07) is 75.7. The van der Waals surface area contributed by atoms with E-state index in [1.807, 2.05) is 48.5 Å². The highest BCUT2D eigenvalue weighted by molar-refractivity contribution is 6.06. The summed E-state index contributed by atoms with van der Waals surface area (Å²) in [5.74, 6) is 1.88. The molecule has 0 aliphatic heterocycles. The lowest BCUT2D eigenvalue weighted by Gasteiger charge is -2.30. The van der Waals surface area contributed by atoms with Gasteiger partial charge in [0.2, 0.25) is 0 Å². The zero-order chi connectivity index (χ0) is 40.8. The van der Waals surface area contributed by atoms with Crippen LogP contribution >= 0.6 is 0 Å². The molecule has 2 heterocycles. The number of fused-ring (bicyclic) bond motifs is 13. The van der Waals surface area contributed by atoms with Crippen molar-refractivity contribution in [1.29, 1.82) is 0 Å². The lowest BCUT2D eigenvalue weighted by atomic mass is 9.70. The summed E-state index contributed by atoms with van der Waals surface area (Å²) in [6.45, 7) is 0. The fourth-order valence-electron chi connectivity index (χ4n) is 10.2. The van der Waals surface area contributed by atoms with Crippen LogP contribution in [0.4, 0.5) is 0 Å². The SMILES string of the molecule is c1ccc(-c2nc(-c3ccc(-c4ccc5c(c4)oc4ccccc45)cc3)nc(-c3cccc(-c4ccc5c(c4)-c4ccccc4C54c5ccccc5-c5ccccc54)c3)n2)cc1. The van der Waals surface area contributed by atoms with Gasteiger partial charge in [0.1, 0.15) is 11.2 Å². The van der Waals surface area contributed by atoms with E-state index in [0.29, 0.717) is 17.5 Å². The van der Waals surface area contributed by atoms with E-state index in [1.165, 1.54) is 44.5 Å². The third-order valence-electron chi connectivity index (χ3n) is 13.0. The molecule has 0 saturated heterocycles. The number of aromatic nitrogens is 3. The molecule has 9 aromatic carbocycles. The van der Waals surface area contributed by atoms with Gasteiger partial charge in [-0.05, 0) is 97.1 Å². The van der Waals surface area contributed by atoms with E-state index in [-0.39, 0.29) is 5.41 Å². The Labute approximate surface area is 358 Å². The summed E-state index contributed by atoms with van der Waals surface area (Å²) in [5, 5.41) is 2.25. The molecular weight excluding hydrogens is 755 g/mol. The van der Waals surface area contributed by atoms with Crippen molar-refractivity contribution < 1.29 is 4.42 Å². The van der Waals surface area contributed by atoms with Gasteiger partial charge in [-0.3, -0.25) is 0 Å². The van der Waals surface area contributed by atoms with Gasteiger partial charge in [-0.15, -0.1) is 0 Å². The molecule has 4 nitrogen and oxygen atoms in total. The lowest BCUT2D eigenvalue weighted by molar-refractivity contribution is 0.669. The quantitative estimate of drug-likeness (QED) is 0.174. The van der Waals surface area contributed by atoms with Gasteiger partial charge < -0.3 is 4.42 Å². The molecule has 0 unspecified atom stereocenters. The maximum atomic E-state index is 6.20. The first-order valence-corrected chi connectivity index (χ1v) is 21.1. The average molecular weight is 790 g/mol. The Bertz CT molecular complexity index is 3540. The van der Waals surface area contributed by atoms with E-state index in [2.05, 4.69) is 164 Å². The number of nitrogens with zero attached hydrogens (tertiary/aromatic N) is 3. The predicted molar refractivity (Wildman–Crippen MR) is 251 cm³/mol. The Morgan fingerprint density at radius 1 is 0.274 bits per heavy atom. The van der Waals surface area contributed by atoms with Crippen LogP contribution in [0, 0.1) is 0 Å². The molecule has 288 valence electrons. The molecule has 62 heavy (non-hydrogen) atoms. The summed E-state index contributed by atoms with van der Waals surface area (Å²) < 4.78 is 6.20. The predicted octanol–water partition coefficient (Wildman–Crippen LogP) is 14.4. The summed E-state index contributed by atoms with van der Waals surface area (Å²) in [4.78, 5) is 15.3. The third-order valence-corrected chi connectivity index (χ3v) is 13.0. The minimum Gasteiger partial charge on any atom is -0.456 e. The fraction of sp³-hybridized carbons (Fsp3) is 0.0172. The second-order valence-electron chi connectivity index (χ2n) is 16.3. The van der Waals surface area contributed by atoms with Crippen molar-refractivity contribution in [2.24, 2.45) is 0 Å². The second-order valence-corrected chi connectivity index (χ2v) is 16.3. The van der Waals surface area contributed by atoms with E-state index in [0.717, 1.165) is 60.9 Å². The topological polar surface area (TPSA) is 51.8 Å². The van der Waals surface area contributed by atoms with Crippen LogP contribution < -0.4 is 0 Å². The third kappa shape index (κ3) is 5.10. The van der Waals surface area contributed by atoms with Crippen molar-refractivity contribution in [3.05, 3.63) is 235 Å². The number of benzene rings is 9. The van der Waals surface area contributed by atoms with Gasteiger partial charge in [0.25, 0.3) is 0 Å². The number of furan rings is 1. The largest absolute Gasteiger partial charge is 0.456 e. The van der Waals surface area contributed by atoms with Crippen LogP contribution in [0.2, 0.25) is 0 Å². The van der Waals surface area contributed by atoms with Crippen LogP contribution in [-0.4, -0.2) is 15.0 Å². The van der Waals surface area contributed by atoms with Gasteiger partial charge in [-0.1, -0.05) is 182 Å². The highest BCUT2D eigenvalue weighted by Gasteiger charge is 2.51. The number of hydrogen-bond acceptors (Lipinski definition) is 4. The maximum absolute atomic E-state index is 6.20. The highest BCUT2D eigenvalue weighted by Crippen LogP contribution is 2.63. The molecular formula is C58H35N3O. The van der Waals surface area contributed by atoms with Crippen molar-refractivity contribution in [2.45, 2.75) is 5.41 Å². The van der Waals surface area contributed by atoms with Gasteiger partial charge in [0.05, 0.1) is 5.41 Å². The molecule has 2 aliphatic carbocycles. The van der Waals surface area contributed by atoms with Gasteiger partial charge in [0, 0.05) is 27.5 Å². The van der Waals surface area contributed by atoms with Gasteiger partial charge in [-0.25, -0.2) is 15.0 Å². The molecule has 4 heteroatoms. The minimum atomic E-state index is -0.366. The monoisotopic (exact) mass is 789 g/mol. The molecule has 0 radical (unpaired) electrons. The minimum absolute atomic E-state index is 0.366. The second kappa shape index (κ2) is 13.4. The van der Waals surface area contributed by atoms with Crippen molar-refractivity contribution in [2.75, 3.05) is 0 Å². The Kier molecular flexibility index (Phi) is 7.49. The van der Waals surface area contributed by atoms with Crippen LogP contribution in [0.3, 0.4) is 0 Å². The molecule has 0 amide bonds. The summed E-state index contributed by atoms with van der Waals surface area (Å²) in [5.41, 5.74) is 19.1. The molecule has 11 aromatic rings. The molecule has 13 rings (SSSR count). The summed E-state index contributed by atoms with van der Waals surface area (Å²) >= 11 is 0. The highest BCUT2D eigenvalue weighted by atomic mass is 16.3. The molecule has 2 aromatic heterocycles. The van der Waals surface area contributed by atoms with E-state index in [1.54, 1.807) is 0 Å². The molecule has 0 N–H and O–H groups in total. The van der Waals surface area contributed by atoms with E-state index in [9.17, 15) is 0 Å². The van der Waals surface area contributed by atoms with Crippen LogP contribution in [0.25, 0.3) is 101 Å². The first kappa shape index (κ1) is 34.6. The number of hydrogen-bond donors (Lipinski definition) is 0. The standard InChI is InChI=1S/C58H35N3O/c1-2-13-37(14-3-1)55-59-56(38-27-25-36(26-28-38)41-29-31-47-46-20-7-11-24-53(46)62-54(47)35-41)61-57(60-55)42-16-12-15-39(33-42)40-30-32-52-48(34-40)45-19-6-10-23-51(45)58(52)49-21-8-4-17-43(49)44-18-5-9-22-50(44)58/h1-35H. The van der Waals surface area contributed by atoms with Crippen LogP contribution in [0.15, 0.2) is 217 Å². The Hall–Kier alpha value is -8.21. The van der Waals surface area contributed by atoms with Crippen LogP contribution in [0.1, 0.15) is 22.3 Å². The molecule has 0 bridgehead atoms. The molecule has 1 spiro atoms. The van der Waals surface area contributed by atoms with Crippen molar-refractivity contribution in [1.82, 2.24) is 15.0 Å². The van der Waals surface area contributed by atoms with Gasteiger partial charge >= 0.3 is 0 Å². The number of para-hydroxylation sites is 1.